The Morgan fingerprint density at radius 2 is 1.85 bits per heavy atom. The average Bonchev–Trinajstić information content (AvgIpc) is 2.84. The minimum atomic E-state index is -0.204. The summed E-state index contributed by atoms with van der Waals surface area (Å²) < 4.78 is 10.7. The summed E-state index contributed by atoms with van der Waals surface area (Å²) in [6, 6.07) is 20.6. The number of methoxy groups -OCH3 is 2. The lowest BCUT2D eigenvalue weighted by Gasteiger charge is -2.19. The molecule has 1 aliphatic heterocycles. The zero-order chi connectivity index (χ0) is 23.2. The molecule has 0 unspecified atom stereocenters. The van der Waals surface area contributed by atoms with Crippen LogP contribution in [0.3, 0.4) is 0 Å². The molecule has 2 N–H and O–H groups in total. The van der Waals surface area contributed by atoms with Crippen LogP contribution in [-0.2, 0) is 11.2 Å². The molecular formula is C26H24N2O4S. The normalized spacial score (nSPS) is 13.8. The van der Waals surface area contributed by atoms with Gasteiger partial charge in [0.2, 0.25) is 0 Å². The van der Waals surface area contributed by atoms with E-state index in [1.807, 2.05) is 60.7 Å². The maximum atomic E-state index is 12.7. The van der Waals surface area contributed by atoms with Gasteiger partial charge >= 0.3 is 0 Å². The molecule has 0 aliphatic carbocycles. The van der Waals surface area contributed by atoms with Crippen molar-refractivity contribution < 1.29 is 19.1 Å². The Bertz CT molecular complexity index is 1210. The molecule has 0 radical (unpaired) electrons. The van der Waals surface area contributed by atoms with Crippen LogP contribution in [0, 0.1) is 0 Å². The van der Waals surface area contributed by atoms with E-state index in [0.29, 0.717) is 29.1 Å². The first kappa shape index (κ1) is 22.5. The Labute approximate surface area is 197 Å². The first-order chi connectivity index (χ1) is 16.1. The summed E-state index contributed by atoms with van der Waals surface area (Å²) >= 11 is 1.39. The highest BCUT2D eigenvalue weighted by molar-refractivity contribution is 8.04. The molecule has 4 rings (SSSR count). The van der Waals surface area contributed by atoms with Crippen molar-refractivity contribution in [2.45, 2.75) is 11.3 Å². The molecule has 0 saturated carbocycles. The zero-order valence-electron chi connectivity index (χ0n) is 18.4. The van der Waals surface area contributed by atoms with Crippen LogP contribution in [0.25, 0.3) is 6.08 Å². The molecule has 1 aliphatic rings. The largest absolute Gasteiger partial charge is 0.497 e. The molecule has 1 heterocycles. The van der Waals surface area contributed by atoms with Gasteiger partial charge in [-0.3, -0.25) is 9.59 Å². The number of rotatable bonds is 7. The number of ether oxygens (including phenoxy) is 2. The maximum Gasteiger partial charge on any atom is 0.262 e. The number of carbonyl (C=O) groups is 2. The topological polar surface area (TPSA) is 76.7 Å². The molecule has 33 heavy (non-hydrogen) atoms. The van der Waals surface area contributed by atoms with E-state index in [-0.39, 0.29) is 11.8 Å². The maximum absolute atomic E-state index is 12.7. The van der Waals surface area contributed by atoms with Crippen LogP contribution >= 0.6 is 11.8 Å². The predicted molar refractivity (Wildman–Crippen MR) is 131 cm³/mol. The van der Waals surface area contributed by atoms with E-state index in [9.17, 15) is 9.59 Å². The van der Waals surface area contributed by atoms with Crippen molar-refractivity contribution in [1.82, 2.24) is 5.32 Å². The van der Waals surface area contributed by atoms with Gasteiger partial charge in [-0.2, -0.15) is 0 Å². The van der Waals surface area contributed by atoms with Crippen molar-refractivity contribution in [2.75, 3.05) is 26.1 Å². The van der Waals surface area contributed by atoms with Crippen LogP contribution in [0.1, 0.15) is 21.5 Å². The predicted octanol–water partition coefficient (Wildman–Crippen LogP) is 4.76. The molecule has 0 fully saturated rings. The standard InChI is InChI=1S/C26H24N2O4S/c1-31-20-9-10-22(32-2)18(15-20)12-13-27-25(29)19-8-11-23-21(16-19)28-26(30)24(33-23)14-17-6-4-3-5-7-17/h3-11,14-16H,12-13H2,1-2H3,(H,27,29)(H,28,30)/b24-14-. The van der Waals surface area contributed by atoms with E-state index in [0.717, 1.165) is 27.5 Å². The second-order valence-electron chi connectivity index (χ2n) is 7.37. The summed E-state index contributed by atoms with van der Waals surface area (Å²) in [6.45, 7) is 0.435. The van der Waals surface area contributed by atoms with Gasteiger partial charge in [-0.05, 0) is 60.0 Å². The van der Waals surface area contributed by atoms with Crippen molar-refractivity contribution in [1.29, 1.82) is 0 Å². The number of amides is 2. The van der Waals surface area contributed by atoms with Crippen LogP contribution in [0.5, 0.6) is 11.5 Å². The number of thioether (sulfide) groups is 1. The Balaban J connectivity index is 1.41. The molecule has 6 nitrogen and oxygen atoms in total. The fourth-order valence-electron chi connectivity index (χ4n) is 3.49. The van der Waals surface area contributed by atoms with E-state index < -0.39 is 0 Å². The van der Waals surface area contributed by atoms with Gasteiger partial charge in [-0.1, -0.05) is 42.1 Å². The van der Waals surface area contributed by atoms with Gasteiger partial charge in [0.15, 0.2) is 0 Å². The molecule has 7 heteroatoms. The minimum absolute atomic E-state index is 0.181. The molecule has 0 saturated heterocycles. The number of fused-ring (bicyclic) bond motifs is 1. The smallest absolute Gasteiger partial charge is 0.262 e. The van der Waals surface area contributed by atoms with E-state index in [1.54, 1.807) is 26.4 Å². The average molecular weight is 461 g/mol. The Morgan fingerprint density at radius 3 is 2.61 bits per heavy atom. The first-order valence-electron chi connectivity index (χ1n) is 10.5. The van der Waals surface area contributed by atoms with Crippen molar-refractivity contribution >= 4 is 35.3 Å². The Morgan fingerprint density at radius 1 is 1.03 bits per heavy atom. The Hall–Kier alpha value is -3.71. The fraction of sp³-hybridized carbons (Fsp3) is 0.154. The number of anilines is 1. The molecule has 0 atom stereocenters. The van der Waals surface area contributed by atoms with Crippen LogP contribution in [0.15, 0.2) is 76.5 Å². The highest BCUT2D eigenvalue weighted by Crippen LogP contribution is 2.39. The van der Waals surface area contributed by atoms with Crippen molar-refractivity contribution in [2.24, 2.45) is 0 Å². The van der Waals surface area contributed by atoms with Gasteiger partial charge in [0.05, 0.1) is 24.8 Å². The van der Waals surface area contributed by atoms with E-state index in [1.165, 1.54) is 11.8 Å². The Kier molecular flexibility index (Phi) is 7.00. The molecule has 168 valence electrons. The summed E-state index contributed by atoms with van der Waals surface area (Å²) in [5.74, 6) is 1.10. The third kappa shape index (κ3) is 5.38. The summed E-state index contributed by atoms with van der Waals surface area (Å²) in [7, 11) is 3.23. The van der Waals surface area contributed by atoms with Gasteiger partial charge < -0.3 is 20.1 Å². The molecule has 0 spiro atoms. The second kappa shape index (κ2) is 10.3. The number of carbonyl (C=O) groups excluding carboxylic acids is 2. The SMILES string of the molecule is COc1ccc(OC)c(CCNC(=O)c2ccc3c(c2)NC(=O)/C(=C/c2ccccc2)S3)c1. The summed E-state index contributed by atoms with van der Waals surface area (Å²) in [4.78, 5) is 26.8. The third-order valence-electron chi connectivity index (χ3n) is 5.20. The number of hydrogen-bond acceptors (Lipinski definition) is 5. The monoisotopic (exact) mass is 460 g/mol. The first-order valence-corrected chi connectivity index (χ1v) is 11.3. The van der Waals surface area contributed by atoms with Gasteiger partial charge in [0, 0.05) is 17.0 Å². The quantitative estimate of drug-likeness (QED) is 0.497. The number of benzene rings is 3. The number of nitrogens with one attached hydrogen (secondary N) is 2. The van der Waals surface area contributed by atoms with Gasteiger partial charge in [0.1, 0.15) is 11.5 Å². The molecule has 3 aromatic carbocycles. The zero-order valence-corrected chi connectivity index (χ0v) is 19.2. The highest BCUT2D eigenvalue weighted by Gasteiger charge is 2.22. The summed E-state index contributed by atoms with van der Waals surface area (Å²) in [6.07, 6.45) is 2.45. The van der Waals surface area contributed by atoms with Crippen LogP contribution < -0.4 is 20.1 Å². The van der Waals surface area contributed by atoms with Crippen molar-refractivity contribution in [3.8, 4) is 11.5 Å². The lowest BCUT2D eigenvalue weighted by molar-refractivity contribution is -0.112. The van der Waals surface area contributed by atoms with Crippen molar-refractivity contribution in [3.63, 3.8) is 0 Å². The highest BCUT2D eigenvalue weighted by atomic mass is 32.2. The molecule has 0 bridgehead atoms. The van der Waals surface area contributed by atoms with Gasteiger partial charge in [-0.25, -0.2) is 0 Å². The third-order valence-corrected chi connectivity index (χ3v) is 6.30. The minimum Gasteiger partial charge on any atom is -0.497 e. The van der Waals surface area contributed by atoms with E-state index in [2.05, 4.69) is 10.6 Å². The van der Waals surface area contributed by atoms with Crippen LogP contribution in [0.4, 0.5) is 5.69 Å². The van der Waals surface area contributed by atoms with E-state index >= 15 is 0 Å². The van der Waals surface area contributed by atoms with Crippen LogP contribution in [0.2, 0.25) is 0 Å². The lowest BCUT2D eigenvalue weighted by atomic mass is 10.1. The van der Waals surface area contributed by atoms with Crippen molar-refractivity contribution in [3.05, 3.63) is 88.3 Å². The summed E-state index contributed by atoms with van der Waals surface area (Å²) in [5, 5.41) is 5.83. The molecule has 0 aromatic heterocycles. The second-order valence-corrected chi connectivity index (χ2v) is 8.45. The van der Waals surface area contributed by atoms with Gasteiger partial charge in [-0.15, -0.1) is 0 Å². The molecule has 3 aromatic rings. The summed E-state index contributed by atoms with van der Waals surface area (Å²) in [5.41, 5.74) is 3.03. The number of hydrogen-bond donors (Lipinski definition) is 2. The van der Waals surface area contributed by atoms with Gasteiger partial charge in [0.25, 0.3) is 11.8 Å². The molecule has 2 amide bonds. The van der Waals surface area contributed by atoms with E-state index in [4.69, 9.17) is 9.47 Å². The lowest BCUT2D eigenvalue weighted by Crippen LogP contribution is -2.26. The fourth-order valence-corrected chi connectivity index (χ4v) is 4.42. The van der Waals surface area contributed by atoms with Crippen LogP contribution in [-0.4, -0.2) is 32.6 Å². The molecular weight excluding hydrogens is 436 g/mol.